The van der Waals surface area contributed by atoms with E-state index in [0.29, 0.717) is 12.0 Å². The summed E-state index contributed by atoms with van der Waals surface area (Å²) in [7, 11) is 3.69. The molecule has 0 saturated carbocycles. The number of rotatable bonds is 7. The summed E-state index contributed by atoms with van der Waals surface area (Å²) in [6.07, 6.45) is 2.40. The number of ether oxygens (including phenoxy) is 1. The number of likely N-dealkylation sites (N-methyl/N-ethyl adjacent to an activating group) is 1. The summed E-state index contributed by atoms with van der Waals surface area (Å²) in [6, 6.07) is 8.26. The summed E-state index contributed by atoms with van der Waals surface area (Å²) in [5.74, 6) is 0.488. The fraction of sp³-hybridized carbons (Fsp3) is 0.632. The first-order valence-corrected chi connectivity index (χ1v) is 9.49. The summed E-state index contributed by atoms with van der Waals surface area (Å²) >= 11 is 3.42. The molecule has 0 radical (unpaired) electrons. The highest BCUT2D eigenvalue weighted by molar-refractivity contribution is 9.10. The average Bonchev–Trinajstić information content (AvgIpc) is 2.99. The minimum Gasteiger partial charge on any atom is -0.383 e. The molecule has 4 nitrogen and oxygen atoms in total. The summed E-state index contributed by atoms with van der Waals surface area (Å²) < 4.78 is 6.35. The lowest BCUT2D eigenvalue weighted by Crippen LogP contribution is -2.49. The van der Waals surface area contributed by atoms with Crippen LogP contribution < -0.4 is 0 Å². The Hall–Kier alpha value is -0.910. The zero-order valence-electron chi connectivity index (χ0n) is 15.2. The molecule has 1 aromatic carbocycles. The lowest BCUT2D eigenvalue weighted by atomic mass is 10.0. The Kier molecular flexibility index (Phi) is 7.26. The second-order valence-corrected chi connectivity index (χ2v) is 7.90. The molecule has 2 atom stereocenters. The van der Waals surface area contributed by atoms with Crippen molar-refractivity contribution in [2.75, 3.05) is 33.9 Å². The largest absolute Gasteiger partial charge is 0.383 e. The number of halogens is 1. The van der Waals surface area contributed by atoms with Gasteiger partial charge in [-0.1, -0.05) is 29.8 Å². The molecule has 1 aromatic rings. The number of methoxy groups -OCH3 is 1. The van der Waals surface area contributed by atoms with Crippen molar-refractivity contribution in [3.8, 4) is 0 Å². The van der Waals surface area contributed by atoms with Crippen LogP contribution in [0.15, 0.2) is 28.7 Å². The monoisotopic (exact) mass is 396 g/mol. The van der Waals surface area contributed by atoms with Crippen LogP contribution in [-0.4, -0.2) is 61.6 Å². The molecule has 5 heteroatoms. The molecule has 24 heavy (non-hydrogen) atoms. The van der Waals surface area contributed by atoms with Crippen molar-refractivity contribution in [1.29, 1.82) is 0 Å². The topological polar surface area (TPSA) is 32.8 Å². The Bertz CT molecular complexity index is 533. The Balaban J connectivity index is 2.08. The normalized spacial score (nSPS) is 19.7. The van der Waals surface area contributed by atoms with Crippen LogP contribution in [0.5, 0.6) is 0 Å². The van der Waals surface area contributed by atoms with E-state index in [9.17, 15) is 4.79 Å². The van der Waals surface area contributed by atoms with E-state index < -0.39 is 0 Å². The van der Waals surface area contributed by atoms with E-state index in [1.807, 2.05) is 36.2 Å². The number of hydrogen-bond donors (Lipinski definition) is 0. The van der Waals surface area contributed by atoms with E-state index in [1.54, 1.807) is 7.11 Å². The van der Waals surface area contributed by atoms with Crippen LogP contribution in [0.4, 0.5) is 0 Å². The second kappa shape index (κ2) is 8.97. The number of hydrogen-bond acceptors (Lipinski definition) is 3. The lowest BCUT2D eigenvalue weighted by molar-refractivity contribution is 0.0555. The third-order valence-electron chi connectivity index (χ3n) is 4.96. The highest BCUT2D eigenvalue weighted by atomic mass is 79.9. The van der Waals surface area contributed by atoms with Gasteiger partial charge in [-0.15, -0.1) is 0 Å². The quantitative estimate of drug-likeness (QED) is 0.704. The fourth-order valence-corrected chi connectivity index (χ4v) is 3.75. The molecular formula is C19H29BrN2O2. The molecule has 134 valence electrons. The summed E-state index contributed by atoms with van der Waals surface area (Å²) in [5.41, 5.74) is 0.737. The van der Waals surface area contributed by atoms with E-state index in [1.165, 1.54) is 12.8 Å². The maximum absolute atomic E-state index is 12.9. The summed E-state index contributed by atoms with van der Waals surface area (Å²) in [5, 5.41) is 0. The number of carbonyl (C=O) groups is 1. The lowest BCUT2D eigenvalue weighted by Gasteiger charge is -2.36. The van der Waals surface area contributed by atoms with Gasteiger partial charge in [-0.2, -0.15) is 0 Å². The molecule has 0 spiro atoms. The average molecular weight is 397 g/mol. The molecule has 2 unspecified atom stereocenters. The van der Waals surface area contributed by atoms with Gasteiger partial charge >= 0.3 is 0 Å². The summed E-state index contributed by atoms with van der Waals surface area (Å²) in [6.45, 7) is 7.16. The molecule has 0 N–H and O–H groups in total. The first kappa shape index (κ1) is 19.4. The highest BCUT2D eigenvalue weighted by Crippen LogP contribution is 2.22. The second-order valence-electron chi connectivity index (χ2n) is 6.98. The molecule has 1 aliphatic heterocycles. The fourth-order valence-electron chi connectivity index (χ4n) is 3.48. The van der Waals surface area contributed by atoms with Gasteiger partial charge < -0.3 is 9.64 Å². The van der Waals surface area contributed by atoms with Gasteiger partial charge in [-0.3, -0.25) is 9.69 Å². The first-order chi connectivity index (χ1) is 11.4. The van der Waals surface area contributed by atoms with Gasteiger partial charge in [-0.25, -0.2) is 0 Å². The number of benzene rings is 1. The van der Waals surface area contributed by atoms with Crippen LogP contribution in [0.25, 0.3) is 0 Å². The van der Waals surface area contributed by atoms with Crippen LogP contribution in [0.1, 0.15) is 37.0 Å². The van der Waals surface area contributed by atoms with Crippen molar-refractivity contribution in [2.24, 2.45) is 5.92 Å². The van der Waals surface area contributed by atoms with Crippen molar-refractivity contribution in [3.05, 3.63) is 34.3 Å². The van der Waals surface area contributed by atoms with Crippen molar-refractivity contribution in [1.82, 2.24) is 9.80 Å². The van der Waals surface area contributed by atoms with E-state index in [0.717, 1.165) is 29.7 Å². The van der Waals surface area contributed by atoms with Crippen molar-refractivity contribution in [2.45, 2.75) is 38.8 Å². The standard InChI is InChI=1S/C19H29BrN2O2/c1-14(2)18(12-22-11-5-6-17(22)13-24-4)21(3)19(23)15-7-9-16(20)10-8-15/h7-10,14,17-18H,5-6,11-13H2,1-4H3. The molecule has 1 amide bonds. The molecule has 0 aliphatic carbocycles. The summed E-state index contributed by atoms with van der Waals surface area (Å²) in [4.78, 5) is 17.2. The molecule has 1 fully saturated rings. The maximum Gasteiger partial charge on any atom is 0.253 e. The van der Waals surface area contributed by atoms with E-state index in [4.69, 9.17) is 4.74 Å². The van der Waals surface area contributed by atoms with Gasteiger partial charge in [-0.05, 0) is 49.6 Å². The molecule has 1 heterocycles. The van der Waals surface area contributed by atoms with Gasteiger partial charge in [0.05, 0.1) is 6.61 Å². The van der Waals surface area contributed by atoms with Crippen LogP contribution in [0.2, 0.25) is 0 Å². The zero-order valence-corrected chi connectivity index (χ0v) is 16.8. The molecular weight excluding hydrogens is 368 g/mol. The van der Waals surface area contributed by atoms with Crippen molar-refractivity contribution in [3.63, 3.8) is 0 Å². The smallest absolute Gasteiger partial charge is 0.253 e. The minimum absolute atomic E-state index is 0.0867. The predicted octanol–water partition coefficient (Wildman–Crippen LogP) is 3.66. The first-order valence-electron chi connectivity index (χ1n) is 8.69. The maximum atomic E-state index is 12.9. The van der Waals surface area contributed by atoms with Gasteiger partial charge in [0.1, 0.15) is 0 Å². The molecule has 1 saturated heterocycles. The third-order valence-corrected chi connectivity index (χ3v) is 5.49. The van der Waals surface area contributed by atoms with Crippen LogP contribution in [-0.2, 0) is 4.74 Å². The van der Waals surface area contributed by atoms with Gasteiger partial charge in [0, 0.05) is 42.8 Å². The Morgan fingerprint density at radius 3 is 2.62 bits per heavy atom. The number of carbonyl (C=O) groups excluding carboxylic acids is 1. The third kappa shape index (κ3) is 4.80. The van der Waals surface area contributed by atoms with Crippen molar-refractivity contribution < 1.29 is 9.53 Å². The van der Waals surface area contributed by atoms with E-state index in [-0.39, 0.29) is 11.9 Å². The van der Waals surface area contributed by atoms with Crippen LogP contribution in [0, 0.1) is 5.92 Å². The SMILES string of the molecule is COCC1CCCN1CC(C(C)C)N(C)C(=O)c1ccc(Br)cc1. The van der Waals surface area contributed by atoms with E-state index in [2.05, 4.69) is 34.7 Å². The van der Waals surface area contributed by atoms with Gasteiger partial charge in [0.2, 0.25) is 0 Å². The molecule has 0 bridgehead atoms. The van der Waals surface area contributed by atoms with Crippen molar-refractivity contribution >= 4 is 21.8 Å². The Labute approximate surface area is 154 Å². The zero-order chi connectivity index (χ0) is 17.7. The number of nitrogens with zero attached hydrogens (tertiary/aromatic N) is 2. The highest BCUT2D eigenvalue weighted by Gasteiger charge is 2.31. The molecule has 2 rings (SSSR count). The number of likely N-dealkylation sites (tertiary alicyclic amines) is 1. The minimum atomic E-state index is 0.0867. The van der Waals surface area contributed by atoms with E-state index >= 15 is 0 Å². The van der Waals surface area contributed by atoms with Crippen LogP contribution in [0.3, 0.4) is 0 Å². The molecule has 1 aliphatic rings. The number of amides is 1. The van der Waals surface area contributed by atoms with Gasteiger partial charge in [0.25, 0.3) is 5.91 Å². The molecule has 0 aromatic heterocycles. The Morgan fingerprint density at radius 2 is 2.04 bits per heavy atom. The Morgan fingerprint density at radius 1 is 1.38 bits per heavy atom. The van der Waals surface area contributed by atoms with Crippen LogP contribution >= 0.6 is 15.9 Å². The predicted molar refractivity (Wildman–Crippen MR) is 101 cm³/mol. The van der Waals surface area contributed by atoms with Gasteiger partial charge in [0.15, 0.2) is 0 Å².